The van der Waals surface area contributed by atoms with E-state index in [0.29, 0.717) is 18.0 Å². The van der Waals surface area contributed by atoms with Crippen LogP contribution in [0.1, 0.15) is 11.1 Å². The van der Waals surface area contributed by atoms with Crippen LogP contribution < -0.4 is 10.6 Å². The Morgan fingerprint density at radius 1 is 1.19 bits per heavy atom. The fourth-order valence-corrected chi connectivity index (χ4v) is 1.94. The number of aryl methyl sites for hydroxylation is 1. The topological polar surface area (TPSA) is 70.6 Å². The Labute approximate surface area is 123 Å². The van der Waals surface area contributed by atoms with Crippen molar-refractivity contribution < 1.29 is 14.6 Å². The van der Waals surface area contributed by atoms with Crippen molar-refractivity contribution in [3.05, 3.63) is 53.6 Å². The molecule has 0 aliphatic carbocycles. The molecule has 2 aromatic carbocycles. The lowest BCUT2D eigenvalue weighted by molar-refractivity contribution is 0.187. The van der Waals surface area contributed by atoms with E-state index in [0.717, 1.165) is 16.8 Å². The molecular formula is C16H18N2O3. The van der Waals surface area contributed by atoms with Crippen molar-refractivity contribution in [1.29, 1.82) is 0 Å². The van der Waals surface area contributed by atoms with Crippen molar-refractivity contribution in [1.82, 2.24) is 0 Å². The van der Waals surface area contributed by atoms with Gasteiger partial charge >= 0.3 is 6.09 Å². The quantitative estimate of drug-likeness (QED) is 0.804. The summed E-state index contributed by atoms with van der Waals surface area (Å²) in [4.78, 5) is 11.2. The molecule has 0 spiro atoms. The summed E-state index contributed by atoms with van der Waals surface area (Å²) in [6.45, 7) is 2.36. The van der Waals surface area contributed by atoms with Crippen molar-refractivity contribution in [2.75, 3.05) is 17.7 Å². The number of phenols is 1. The van der Waals surface area contributed by atoms with Gasteiger partial charge in [-0.1, -0.05) is 24.3 Å². The van der Waals surface area contributed by atoms with Crippen LogP contribution in [0.5, 0.6) is 5.75 Å². The van der Waals surface area contributed by atoms with Crippen LogP contribution in [0.2, 0.25) is 0 Å². The summed E-state index contributed by atoms with van der Waals surface area (Å²) in [5, 5.41) is 15.8. The number of amides is 1. The van der Waals surface area contributed by atoms with E-state index < -0.39 is 6.09 Å². The second-order valence-electron chi connectivity index (χ2n) is 4.63. The minimum absolute atomic E-state index is 0.300. The number of aromatic hydroxyl groups is 1. The molecule has 0 atom stereocenters. The summed E-state index contributed by atoms with van der Waals surface area (Å²) in [7, 11) is 1.32. The van der Waals surface area contributed by atoms with Gasteiger partial charge in [0.25, 0.3) is 0 Å². The number of ether oxygens (including phenoxy) is 1. The monoisotopic (exact) mass is 286 g/mol. The summed E-state index contributed by atoms with van der Waals surface area (Å²) >= 11 is 0. The van der Waals surface area contributed by atoms with Gasteiger partial charge in [0.15, 0.2) is 0 Å². The van der Waals surface area contributed by atoms with E-state index in [1.807, 2.05) is 37.3 Å². The molecule has 0 radical (unpaired) electrons. The van der Waals surface area contributed by atoms with E-state index in [9.17, 15) is 9.90 Å². The lowest BCUT2D eigenvalue weighted by atomic mass is 10.1. The zero-order chi connectivity index (χ0) is 15.2. The van der Waals surface area contributed by atoms with Crippen molar-refractivity contribution in [2.45, 2.75) is 13.5 Å². The summed E-state index contributed by atoms with van der Waals surface area (Å²) in [6.07, 6.45) is -0.511. The highest BCUT2D eigenvalue weighted by molar-refractivity contribution is 5.85. The van der Waals surface area contributed by atoms with Crippen LogP contribution in [0, 0.1) is 6.92 Å². The molecule has 0 aliphatic rings. The van der Waals surface area contributed by atoms with Crippen LogP contribution in [-0.4, -0.2) is 18.3 Å². The molecular weight excluding hydrogens is 268 g/mol. The number of benzene rings is 2. The van der Waals surface area contributed by atoms with Crippen LogP contribution in [-0.2, 0) is 11.3 Å². The van der Waals surface area contributed by atoms with Crippen molar-refractivity contribution in [2.24, 2.45) is 0 Å². The molecule has 2 aromatic rings. The molecule has 0 heterocycles. The standard InChI is InChI=1S/C16H18N2O3/c1-11-5-3-6-12(15(11)19)10-17-13-7-4-8-14(9-13)18-16(20)21-2/h3-9,17,19H,10H2,1-2H3,(H,18,20). The number of carbonyl (C=O) groups is 1. The highest BCUT2D eigenvalue weighted by Crippen LogP contribution is 2.23. The summed E-state index contributed by atoms with van der Waals surface area (Å²) in [5.74, 6) is 0.300. The minimum atomic E-state index is -0.511. The van der Waals surface area contributed by atoms with E-state index >= 15 is 0 Å². The second-order valence-corrected chi connectivity index (χ2v) is 4.63. The Balaban J connectivity index is 2.05. The van der Waals surface area contributed by atoms with Gasteiger partial charge in [-0.2, -0.15) is 0 Å². The van der Waals surface area contributed by atoms with E-state index in [1.165, 1.54) is 7.11 Å². The third-order valence-electron chi connectivity index (χ3n) is 3.10. The predicted molar refractivity (Wildman–Crippen MR) is 82.6 cm³/mol. The number of hydrogen-bond acceptors (Lipinski definition) is 4. The molecule has 3 N–H and O–H groups in total. The maximum absolute atomic E-state index is 11.2. The molecule has 0 bridgehead atoms. The van der Waals surface area contributed by atoms with Gasteiger partial charge < -0.3 is 15.2 Å². The number of para-hydroxylation sites is 1. The molecule has 0 saturated carbocycles. The van der Waals surface area contributed by atoms with Crippen molar-refractivity contribution in [3.63, 3.8) is 0 Å². The molecule has 5 heteroatoms. The van der Waals surface area contributed by atoms with Crippen LogP contribution in [0.15, 0.2) is 42.5 Å². The summed E-state index contributed by atoms with van der Waals surface area (Å²) < 4.78 is 4.55. The van der Waals surface area contributed by atoms with Gasteiger partial charge in [0, 0.05) is 23.5 Å². The fraction of sp³-hybridized carbons (Fsp3) is 0.188. The van der Waals surface area contributed by atoms with Crippen LogP contribution in [0.3, 0.4) is 0 Å². The van der Waals surface area contributed by atoms with E-state index in [-0.39, 0.29) is 0 Å². The third kappa shape index (κ3) is 3.89. The zero-order valence-electron chi connectivity index (χ0n) is 12.0. The fourth-order valence-electron chi connectivity index (χ4n) is 1.94. The first-order chi connectivity index (χ1) is 10.1. The average Bonchev–Trinajstić information content (AvgIpc) is 2.49. The Hall–Kier alpha value is -2.69. The van der Waals surface area contributed by atoms with E-state index in [4.69, 9.17) is 0 Å². The first-order valence-electron chi connectivity index (χ1n) is 6.56. The van der Waals surface area contributed by atoms with Gasteiger partial charge in [-0.25, -0.2) is 4.79 Å². The molecule has 5 nitrogen and oxygen atoms in total. The number of carbonyl (C=O) groups excluding carboxylic acids is 1. The summed E-state index contributed by atoms with van der Waals surface area (Å²) in [5.41, 5.74) is 3.14. The maximum Gasteiger partial charge on any atom is 0.411 e. The first-order valence-corrected chi connectivity index (χ1v) is 6.56. The lowest BCUT2D eigenvalue weighted by Gasteiger charge is -2.11. The largest absolute Gasteiger partial charge is 0.507 e. The minimum Gasteiger partial charge on any atom is -0.507 e. The van der Waals surface area contributed by atoms with Gasteiger partial charge in [-0.3, -0.25) is 5.32 Å². The Bertz CT molecular complexity index is 641. The highest BCUT2D eigenvalue weighted by Gasteiger charge is 2.04. The predicted octanol–water partition coefficient (Wildman–Crippen LogP) is 3.49. The van der Waals surface area contributed by atoms with Crippen molar-refractivity contribution in [3.8, 4) is 5.75 Å². The Morgan fingerprint density at radius 2 is 1.90 bits per heavy atom. The van der Waals surface area contributed by atoms with Gasteiger partial charge in [-0.05, 0) is 30.7 Å². The average molecular weight is 286 g/mol. The van der Waals surface area contributed by atoms with Gasteiger partial charge in [0.1, 0.15) is 5.75 Å². The number of rotatable bonds is 4. The zero-order valence-corrected chi connectivity index (χ0v) is 12.0. The van der Waals surface area contributed by atoms with Crippen molar-refractivity contribution >= 4 is 17.5 Å². The number of nitrogens with one attached hydrogen (secondary N) is 2. The number of phenolic OH excluding ortho intramolecular Hbond substituents is 1. The third-order valence-corrected chi connectivity index (χ3v) is 3.10. The normalized spacial score (nSPS) is 10.0. The van der Waals surface area contributed by atoms with E-state index in [2.05, 4.69) is 15.4 Å². The van der Waals surface area contributed by atoms with Crippen LogP contribution in [0.4, 0.5) is 16.2 Å². The Kier molecular flexibility index (Phi) is 4.66. The molecule has 110 valence electrons. The van der Waals surface area contributed by atoms with Gasteiger partial charge in [0.05, 0.1) is 7.11 Å². The van der Waals surface area contributed by atoms with Gasteiger partial charge in [-0.15, -0.1) is 0 Å². The number of methoxy groups -OCH3 is 1. The molecule has 1 amide bonds. The molecule has 0 aliphatic heterocycles. The molecule has 0 saturated heterocycles. The van der Waals surface area contributed by atoms with Gasteiger partial charge in [0.2, 0.25) is 0 Å². The van der Waals surface area contributed by atoms with Crippen LogP contribution >= 0.6 is 0 Å². The first kappa shape index (κ1) is 14.7. The number of anilines is 2. The highest BCUT2D eigenvalue weighted by atomic mass is 16.5. The second kappa shape index (κ2) is 6.65. The number of hydrogen-bond donors (Lipinski definition) is 3. The molecule has 21 heavy (non-hydrogen) atoms. The maximum atomic E-state index is 11.2. The van der Waals surface area contributed by atoms with E-state index in [1.54, 1.807) is 12.1 Å². The molecule has 0 fully saturated rings. The SMILES string of the molecule is COC(=O)Nc1cccc(NCc2cccc(C)c2O)c1. The molecule has 0 aromatic heterocycles. The molecule has 2 rings (SSSR count). The Morgan fingerprint density at radius 3 is 2.67 bits per heavy atom. The summed E-state index contributed by atoms with van der Waals surface area (Å²) in [6, 6.07) is 12.9. The van der Waals surface area contributed by atoms with Crippen LogP contribution in [0.25, 0.3) is 0 Å². The molecule has 0 unspecified atom stereocenters. The lowest BCUT2D eigenvalue weighted by Crippen LogP contribution is -2.11. The smallest absolute Gasteiger partial charge is 0.411 e.